The third-order valence-electron chi connectivity index (χ3n) is 5.46. The molecule has 1 aromatic carbocycles. The van der Waals surface area contributed by atoms with Crippen molar-refractivity contribution < 1.29 is 24.2 Å². The second kappa shape index (κ2) is 9.76. The summed E-state index contributed by atoms with van der Waals surface area (Å²) in [7, 11) is 0. The van der Waals surface area contributed by atoms with Crippen LogP contribution in [-0.4, -0.2) is 77.3 Å². The number of ether oxygens (including phenoxy) is 2. The molecule has 9 nitrogen and oxygen atoms in total. The van der Waals surface area contributed by atoms with Gasteiger partial charge in [-0.05, 0) is 35.4 Å². The molecule has 2 aromatic rings. The Morgan fingerprint density at radius 3 is 2.52 bits per heavy atom. The number of aromatic nitrogens is 1. The summed E-state index contributed by atoms with van der Waals surface area (Å²) < 4.78 is 10.8. The highest BCUT2D eigenvalue weighted by Gasteiger charge is 2.28. The standard InChI is InChI=1S/C22H26N4O5/c27-14-18(24-21(28)12-16-3-5-23-6-4-16)22(29)26-9-7-25(8-10-26)13-17-1-2-19-20(11-17)31-15-30-19/h1-6,11,18,27H,7-10,12-15H2,(H,24,28). The van der Waals surface area contributed by atoms with Gasteiger partial charge in [-0.25, -0.2) is 0 Å². The number of rotatable bonds is 7. The SMILES string of the molecule is O=C(Cc1ccncc1)NC(CO)C(=O)N1CCN(Cc2ccc3c(c2)OCO3)CC1. The van der Waals surface area contributed by atoms with E-state index >= 15 is 0 Å². The van der Waals surface area contributed by atoms with Crippen LogP contribution < -0.4 is 14.8 Å². The van der Waals surface area contributed by atoms with Crippen LogP contribution >= 0.6 is 0 Å². The Labute approximate surface area is 180 Å². The van der Waals surface area contributed by atoms with Gasteiger partial charge in [0.25, 0.3) is 0 Å². The van der Waals surface area contributed by atoms with E-state index in [9.17, 15) is 14.7 Å². The Hall–Kier alpha value is -3.17. The fourth-order valence-corrected chi connectivity index (χ4v) is 3.76. The molecule has 1 atom stereocenters. The van der Waals surface area contributed by atoms with Crippen LogP contribution in [0.2, 0.25) is 0 Å². The van der Waals surface area contributed by atoms with Crippen molar-refractivity contribution in [3.63, 3.8) is 0 Å². The summed E-state index contributed by atoms with van der Waals surface area (Å²) in [5.74, 6) is 0.966. The van der Waals surface area contributed by atoms with E-state index in [4.69, 9.17) is 9.47 Å². The van der Waals surface area contributed by atoms with E-state index in [0.29, 0.717) is 26.2 Å². The minimum Gasteiger partial charge on any atom is -0.454 e. The first-order chi connectivity index (χ1) is 15.1. The highest BCUT2D eigenvalue weighted by atomic mass is 16.7. The molecule has 164 valence electrons. The Kier molecular flexibility index (Phi) is 6.63. The largest absolute Gasteiger partial charge is 0.454 e. The summed E-state index contributed by atoms with van der Waals surface area (Å²) in [6, 6.07) is 8.47. The van der Waals surface area contributed by atoms with Crippen molar-refractivity contribution in [1.82, 2.24) is 20.1 Å². The first-order valence-electron chi connectivity index (χ1n) is 10.3. The van der Waals surface area contributed by atoms with Gasteiger partial charge in [-0.2, -0.15) is 0 Å². The first-order valence-corrected chi connectivity index (χ1v) is 10.3. The van der Waals surface area contributed by atoms with Gasteiger partial charge in [-0.1, -0.05) is 6.07 Å². The highest BCUT2D eigenvalue weighted by Crippen LogP contribution is 2.32. The Bertz CT molecular complexity index is 915. The summed E-state index contributed by atoms with van der Waals surface area (Å²) in [4.78, 5) is 32.9. The maximum absolute atomic E-state index is 12.8. The van der Waals surface area contributed by atoms with Gasteiger partial charge in [-0.15, -0.1) is 0 Å². The van der Waals surface area contributed by atoms with E-state index in [0.717, 1.165) is 29.2 Å². The summed E-state index contributed by atoms with van der Waals surface area (Å²) >= 11 is 0. The fraction of sp³-hybridized carbons (Fsp3) is 0.409. The van der Waals surface area contributed by atoms with Crippen molar-refractivity contribution in [2.24, 2.45) is 0 Å². The number of hydrogen-bond acceptors (Lipinski definition) is 7. The lowest BCUT2D eigenvalue weighted by molar-refractivity contribution is -0.139. The number of aliphatic hydroxyl groups excluding tert-OH is 1. The molecule has 2 aliphatic heterocycles. The van der Waals surface area contributed by atoms with Crippen molar-refractivity contribution in [2.75, 3.05) is 39.6 Å². The third-order valence-corrected chi connectivity index (χ3v) is 5.46. The number of piperazine rings is 1. The van der Waals surface area contributed by atoms with E-state index < -0.39 is 12.6 Å². The predicted molar refractivity (Wildman–Crippen MR) is 111 cm³/mol. The van der Waals surface area contributed by atoms with Crippen molar-refractivity contribution in [3.8, 4) is 11.5 Å². The average Bonchev–Trinajstić information content (AvgIpc) is 3.26. The van der Waals surface area contributed by atoms with Gasteiger partial charge >= 0.3 is 0 Å². The van der Waals surface area contributed by atoms with Crippen LogP contribution in [0.15, 0.2) is 42.7 Å². The maximum atomic E-state index is 12.8. The lowest BCUT2D eigenvalue weighted by Gasteiger charge is -2.36. The Balaban J connectivity index is 1.26. The van der Waals surface area contributed by atoms with E-state index in [-0.39, 0.29) is 25.0 Å². The zero-order valence-electron chi connectivity index (χ0n) is 17.2. The molecule has 0 bridgehead atoms. The molecule has 0 aliphatic carbocycles. The Morgan fingerprint density at radius 1 is 1.03 bits per heavy atom. The molecule has 4 rings (SSSR count). The van der Waals surface area contributed by atoms with Crippen LogP contribution in [-0.2, 0) is 22.6 Å². The second-order valence-electron chi connectivity index (χ2n) is 7.62. The van der Waals surface area contributed by atoms with E-state index in [1.165, 1.54) is 0 Å². The smallest absolute Gasteiger partial charge is 0.247 e. The quantitative estimate of drug-likeness (QED) is 0.651. The molecule has 0 radical (unpaired) electrons. The van der Waals surface area contributed by atoms with Crippen LogP contribution in [0.25, 0.3) is 0 Å². The van der Waals surface area contributed by atoms with Gasteiger partial charge in [0.1, 0.15) is 6.04 Å². The molecule has 2 aliphatic rings. The molecule has 31 heavy (non-hydrogen) atoms. The van der Waals surface area contributed by atoms with Gasteiger partial charge in [-0.3, -0.25) is 19.5 Å². The molecule has 0 spiro atoms. The molecule has 1 saturated heterocycles. The van der Waals surface area contributed by atoms with Crippen LogP contribution in [0.5, 0.6) is 11.5 Å². The second-order valence-corrected chi connectivity index (χ2v) is 7.62. The van der Waals surface area contributed by atoms with Gasteiger partial charge < -0.3 is 24.8 Å². The van der Waals surface area contributed by atoms with Gasteiger partial charge in [0.2, 0.25) is 18.6 Å². The van der Waals surface area contributed by atoms with Crippen LogP contribution in [0.4, 0.5) is 0 Å². The monoisotopic (exact) mass is 426 g/mol. The number of benzene rings is 1. The van der Waals surface area contributed by atoms with E-state index in [1.807, 2.05) is 18.2 Å². The number of fused-ring (bicyclic) bond motifs is 1. The number of carbonyl (C=O) groups excluding carboxylic acids is 2. The minimum absolute atomic E-state index is 0.135. The zero-order valence-corrected chi connectivity index (χ0v) is 17.2. The summed E-state index contributed by atoms with van der Waals surface area (Å²) in [5.41, 5.74) is 1.93. The van der Waals surface area contributed by atoms with Crippen LogP contribution in [0.3, 0.4) is 0 Å². The molecule has 2 amide bonds. The lowest BCUT2D eigenvalue weighted by Crippen LogP contribution is -2.56. The van der Waals surface area contributed by atoms with Gasteiger partial charge in [0, 0.05) is 45.1 Å². The molecule has 2 N–H and O–H groups in total. The predicted octanol–water partition coefficient (Wildman–Crippen LogP) is 0.174. The fourth-order valence-electron chi connectivity index (χ4n) is 3.76. The van der Waals surface area contributed by atoms with Crippen molar-refractivity contribution in [3.05, 3.63) is 53.9 Å². The number of carbonyl (C=O) groups is 2. The van der Waals surface area contributed by atoms with Crippen molar-refractivity contribution in [2.45, 2.75) is 19.0 Å². The molecule has 3 heterocycles. The van der Waals surface area contributed by atoms with Crippen LogP contribution in [0.1, 0.15) is 11.1 Å². The lowest BCUT2D eigenvalue weighted by atomic mass is 10.1. The average molecular weight is 426 g/mol. The van der Waals surface area contributed by atoms with E-state index in [1.54, 1.807) is 29.4 Å². The maximum Gasteiger partial charge on any atom is 0.247 e. The Morgan fingerprint density at radius 2 is 1.77 bits per heavy atom. The van der Waals surface area contributed by atoms with Crippen molar-refractivity contribution in [1.29, 1.82) is 0 Å². The molecule has 1 fully saturated rings. The number of aliphatic hydroxyl groups is 1. The molecule has 0 saturated carbocycles. The van der Waals surface area contributed by atoms with Crippen LogP contribution in [0, 0.1) is 0 Å². The summed E-state index contributed by atoms with van der Waals surface area (Å²) in [6.45, 7) is 3.08. The third kappa shape index (κ3) is 5.31. The normalized spacial score (nSPS) is 16.7. The molecule has 9 heteroatoms. The van der Waals surface area contributed by atoms with Crippen molar-refractivity contribution >= 4 is 11.8 Å². The number of hydrogen-bond donors (Lipinski definition) is 2. The molecular formula is C22H26N4O5. The number of nitrogens with zero attached hydrogens (tertiary/aromatic N) is 3. The number of nitrogens with one attached hydrogen (secondary N) is 1. The van der Waals surface area contributed by atoms with Gasteiger partial charge in [0.15, 0.2) is 11.5 Å². The summed E-state index contributed by atoms with van der Waals surface area (Å²) in [6.07, 6.45) is 3.36. The summed E-state index contributed by atoms with van der Waals surface area (Å²) in [5, 5.41) is 12.3. The molecule has 1 aromatic heterocycles. The molecular weight excluding hydrogens is 400 g/mol. The first kappa shape index (κ1) is 21.1. The zero-order chi connectivity index (χ0) is 21.6. The highest BCUT2D eigenvalue weighted by molar-refractivity contribution is 5.88. The minimum atomic E-state index is -0.935. The molecule has 1 unspecified atom stereocenters. The topological polar surface area (TPSA) is 104 Å². The number of amides is 2. The number of pyridine rings is 1. The van der Waals surface area contributed by atoms with E-state index in [2.05, 4.69) is 15.2 Å². The van der Waals surface area contributed by atoms with Gasteiger partial charge in [0.05, 0.1) is 13.0 Å².